The van der Waals surface area contributed by atoms with E-state index < -0.39 is 10.0 Å². The van der Waals surface area contributed by atoms with Gasteiger partial charge in [-0.25, -0.2) is 13.1 Å². The van der Waals surface area contributed by atoms with Crippen molar-refractivity contribution < 1.29 is 13.2 Å². The molecule has 0 saturated heterocycles. The van der Waals surface area contributed by atoms with Gasteiger partial charge in [-0.05, 0) is 50.6 Å². The Bertz CT molecular complexity index is 596. The Morgan fingerprint density at radius 3 is 2.85 bits per heavy atom. The highest BCUT2D eigenvalue weighted by atomic mass is 32.2. The van der Waals surface area contributed by atoms with Crippen LogP contribution in [0.25, 0.3) is 0 Å². The molecule has 0 aliphatic carbocycles. The fraction of sp³-hybridized carbons (Fsp3) is 0.429. The van der Waals surface area contributed by atoms with Crippen LogP contribution in [0, 0.1) is 6.92 Å². The Morgan fingerprint density at radius 1 is 1.40 bits per heavy atom. The largest absolute Gasteiger partial charge is 0.497 e. The van der Waals surface area contributed by atoms with Gasteiger partial charge in [-0.15, -0.1) is 0 Å². The summed E-state index contributed by atoms with van der Waals surface area (Å²) >= 11 is 0. The molecular formula is C14H20N2O3S. The molecule has 6 heteroatoms. The molecule has 5 nitrogen and oxygen atoms in total. The fourth-order valence-electron chi connectivity index (χ4n) is 2.08. The van der Waals surface area contributed by atoms with E-state index in [9.17, 15) is 8.42 Å². The number of aryl methyl sites for hydroxylation is 1. The predicted molar refractivity (Wildman–Crippen MR) is 79.2 cm³/mol. The van der Waals surface area contributed by atoms with Crippen molar-refractivity contribution in [3.8, 4) is 0 Å². The highest BCUT2D eigenvalue weighted by Gasteiger charge is 2.16. The zero-order chi connectivity index (χ0) is 14.6. The maximum absolute atomic E-state index is 11.9. The van der Waals surface area contributed by atoms with E-state index in [2.05, 4.69) is 10.0 Å². The van der Waals surface area contributed by atoms with Gasteiger partial charge >= 0.3 is 0 Å². The van der Waals surface area contributed by atoms with Crippen LogP contribution in [0.5, 0.6) is 0 Å². The van der Waals surface area contributed by atoms with Gasteiger partial charge in [0.05, 0.1) is 17.7 Å². The van der Waals surface area contributed by atoms with Crippen LogP contribution in [0.2, 0.25) is 0 Å². The summed E-state index contributed by atoms with van der Waals surface area (Å²) in [4.78, 5) is 0.300. The van der Waals surface area contributed by atoms with Crippen LogP contribution < -0.4 is 10.0 Å². The average Bonchev–Trinajstić information content (AvgIpc) is 2.47. The average molecular weight is 296 g/mol. The number of anilines is 1. The molecule has 1 aliphatic heterocycles. The summed E-state index contributed by atoms with van der Waals surface area (Å²) in [6.07, 6.45) is 5.84. The number of rotatable bonds is 5. The first-order valence-corrected chi connectivity index (χ1v) is 8.10. The van der Waals surface area contributed by atoms with Crippen molar-refractivity contribution in [3.05, 3.63) is 36.1 Å². The van der Waals surface area contributed by atoms with Gasteiger partial charge in [0.1, 0.15) is 6.10 Å². The normalized spacial score (nSPS) is 18.6. The van der Waals surface area contributed by atoms with E-state index in [-0.39, 0.29) is 6.10 Å². The monoisotopic (exact) mass is 296 g/mol. The smallest absolute Gasteiger partial charge is 0.240 e. The van der Waals surface area contributed by atoms with Crippen LogP contribution in [0.4, 0.5) is 5.69 Å². The number of sulfonamides is 1. The number of allylic oxidation sites excluding steroid dienone is 1. The van der Waals surface area contributed by atoms with E-state index in [0.717, 1.165) is 24.1 Å². The van der Waals surface area contributed by atoms with Gasteiger partial charge in [0, 0.05) is 5.69 Å². The van der Waals surface area contributed by atoms with E-state index in [0.29, 0.717) is 11.4 Å². The molecule has 0 fully saturated rings. The van der Waals surface area contributed by atoms with Crippen molar-refractivity contribution >= 4 is 15.7 Å². The fourth-order valence-corrected chi connectivity index (χ4v) is 3.07. The molecule has 2 rings (SSSR count). The third-order valence-corrected chi connectivity index (χ3v) is 4.86. The van der Waals surface area contributed by atoms with Gasteiger partial charge in [0.2, 0.25) is 10.0 Å². The van der Waals surface area contributed by atoms with Gasteiger partial charge < -0.3 is 10.1 Å². The van der Waals surface area contributed by atoms with Crippen molar-refractivity contribution in [2.24, 2.45) is 0 Å². The molecule has 1 atom stereocenters. The second-order valence-corrected chi connectivity index (χ2v) is 6.63. The molecule has 0 saturated carbocycles. The maximum Gasteiger partial charge on any atom is 0.240 e. The van der Waals surface area contributed by atoms with Gasteiger partial charge in [0.25, 0.3) is 0 Å². The predicted octanol–water partition coefficient (Wildman–Crippen LogP) is 2.01. The second-order valence-electron chi connectivity index (χ2n) is 4.78. The highest BCUT2D eigenvalue weighted by molar-refractivity contribution is 7.89. The van der Waals surface area contributed by atoms with Crippen LogP contribution in [0.3, 0.4) is 0 Å². The molecule has 1 aromatic rings. The number of nitrogens with one attached hydrogen (secondary N) is 2. The molecule has 1 aliphatic rings. The summed E-state index contributed by atoms with van der Waals surface area (Å²) < 4.78 is 31.6. The lowest BCUT2D eigenvalue weighted by Crippen LogP contribution is -2.23. The molecule has 20 heavy (non-hydrogen) atoms. The summed E-state index contributed by atoms with van der Waals surface area (Å²) in [6.45, 7) is 2.44. The van der Waals surface area contributed by atoms with Gasteiger partial charge in [-0.1, -0.05) is 6.07 Å². The minimum absolute atomic E-state index is 0.130. The van der Waals surface area contributed by atoms with Crippen molar-refractivity contribution in [1.29, 1.82) is 0 Å². The van der Waals surface area contributed by atoms with E-state index in [4.69, 9.17) is 4.74 Å². The molecule has 0 radical (unpaired) electrons. The molecule has 1 heterocycles. The maximum atomic E-state index is 11.9. The SMILES string of the molecule is CNS(=O)(=O)c1cc(NCC2CCC=CO2)ccc1C. The van der Waals surface area contributed by atoms with Crippen LogP contribution >= 0.6 is 0 Å². The Morgan fingerprint density at radius 2 is 2.20 bits per heavy atom. The molecule has 1 aromatic carbocycles. The Balaban J connectivity index is 2.09. The summed E-state index contributed by atoms with van der Waals surface area (Å²) in [5.74, 6) is 0. The molecule has 0 spiro atoms. The standard InChI is InChI=1S/C14H20N2O3S/c1-11-6-7-12(9-14(11)20(17,18)15-2)16-10-13-5-3-4-8-19-13/h4,6-9,13,15-16H,3,5,10H2,1-2H3. The second kappa shape index (κ2) is 6.28. The molecule has 2 N–H and O–H groups in total. The van der Waals surface area contributed by atoms with E-state index in [1.54, 1.807) is 25.3 Å². The minimum Gasteiger partial charge on any atom is -0.497 e. The van der Waals surface area contributed by atoms with Crippen LogP contribution in [0.15, 0.2) is 35.4 Å². The topological polar surface area (TPSA) is 67.4 Å². The quantitative estimate of drug-likeness (QED) is 0.872. The van der Waals surface area contributed by atoms with Crippen molar-refractivity contribution in [1.82, 2.24) is 4.72 Å². The lowest BCUT2D eigenvalue weighted by atomic mass is 10.1. The van der Waals surface area contributed by atoms with Gasteiger partial charge in [-0.2, -0.15) is 0 Å². The van der Waals surface area contributed by atoms with Crippen molar-refractivity contribution in [2.45, 2.75) is 30.8 Å². The van der Waals surface area contributed by atoms with Crippen LogP contribution in [-0.2, 0) is 14.8 Å². The molecule has 0 bridgehead atoms. The number of benzene rings is 1. The zero-order valence-corrected chi connectivity index (χ0v) is 12.5. The Labute approximate surface area is 120 Å². The van der Waals surface area contributed by atoms with E-state index in [1.807, 2.05) is 12.1 Å². The third-order valence-electron chi connectivity index (χ3n) is 3.30. The summed E-state index contributed by atoms with van der Waals surface area (Å²) in [6, 6.07) is 5.33. The lowest BCUT2D eigenvalue weighted by molar-refractivity contribution is 0.135. The first-order chi connectivity index (χ1) is 9.53. The Hall–Kier alpha value is -1.53. The minimum atomic E-state index is -3.43. The molecule has 0 aromatic heterocycles. The van der Waals surface area contributed by atoms with E-state index in [1.165, 1.54) is 7.05 Å². The first kappa shape index (κ1) is 14.9. The summed E-state index contributed by atoms with van der Waals surface area (Å²) in [5, 5.41) is 3.23. The van der Waals surface area contributed by atoms with Crippen molar-refractivity contribution in [3.63, 3.8) is 0 Å². The molecule has 0 amide bonds. The zero-order valence-electron chi connectivity index (χ0n) is 11.7. The molecule has 110 valence electrons. The van der Waals surface area contributed by atoms with Gasteiger partial charge in [-0.3, -0.25) is 0 Å². The summed E-state index contributed by atoms with van der Waals surface area (Å²) in [5.41, 5.74) is 1.50. The van der Waals surface area contributed by atoms with E-state index >= 15 is 0 Å². The third kappa shape index (κ3) is 3.52. The van der Waals surface area contributed by atoms with Crippen molar-refractivity contribution in [2.75, 3.05) is 18.9 Å². The van der Waals surface area contributed by atoms with Crippen LogP contribution in [-0.4, -0.2) is 28.1 Å². The molecule has 1 unspecified atom stereocenters. The highest BCUT2D eigenvalue weighted by Crippen LogP contribution is 2.20. The number of hydrogen-bond donors (Lipinski definition) is 2. The molecular weight excluding hydrogens is 276 g/mol. The Kier molecular flexibility index (Phi) is 4.67. The lowest BCUT2D eigenvalue weighted by Gasteiger charge is -2.20. The number of ether oxygens (including phenoxy) is 1. The summed E-state index contributed by atoms with van der Waals surface area (Å²) in [7, 11) is -2.01. The van der Waals surface area contributed by atoms with Gasteiger partial charge in [0.15, 0.2) is 0 Å². The first-order valence-electron chi connectivity index (χ1n) is 6.61. The van der Waals surface area contributed by atoms with Crippen LogP contribution in [0.1, 0.15) is 18.4 Å². The number of hydrogen-bond acceptors (Lipinski definition) is 4.